The number of amidine groups is 1. The Hall–Kier alpha value is -1.53. The molecule has 7 heteroatoms. The van der Waals surface area contributed by atoms with Crippen molar-refractivity contribution in [3.63, 3.8) is 0 Å². The highest BCUT2D eigenvalue weighted by molar-refractivity contribution is 8.15. The Balaban J connectivity index is 1.85. The molecule has 5 nitrogen and oxygen atoms in total. The van der Waals surface area contributed by atoms with Gasteiger partial charge in [0.05, 0.1) is 18.6 Å². The van der Waals surface area contributed by atoms with Gasteiger partial charge in [-0.2, -0.15) is 5.10 Å². The number of amides is 1. The monoisotopic (exact) mass is 311 g/mol. The van der Waals surface area contributed by atoms with Crippen molar-refractivity contribution < 1.29 is 9.53 Å². The Labute approximate surface area is 126 Å². The van der Waals surface area contributed by atoms with Crippen molar-refractivity contribution in [3.8, 4) is 5.75 Å². The van der Waals surface area contributed by atoms with Crippen molar-refractivity contribution in [2.45, 2.75) is 6.42 Å². The molecule has 1 aliphatic heterocycles. The Morgan fingerprint density at radius 1 is 1.40 bits per heavy atom. The summed E-state index contributed by atoms with van der Waals surface area (Å²) < 4.78 is 5.49. The van der Waals surface area contributed by atoms with E-state index in [0.717, 1.165) is 17.7 Å². The van der Waals surface area contributed by atoms with Crippen LogP contribution in [0.5, 0.6) is 5.75 Å². The summed E-state index contributed by atoms with van der Waals surface area (Å²) in [5, 5.41) is 11.0. The van der Waals surface area contributed by atoms with Crippen LogP contribution < -0.4 is 10.1 Å². The van der Waals surface area contributed by atoms with Crippen molar-refractivity contribution in [2.75, 3.05) is 18.2 Å². The molecule has 0 spiro atoms. The average molecular weight is 312 g/mol. The van der Waals surface area contributed by atoms with Crippen LogP contribution in [0.1, 0.15) is 12.0 Å². The number of carbonyl (C=O) groups is 1. The van der Waals surface area contributed by atoms with Gasteiger partial charge in [-0.3, -0.25) is 4.79 Å². The second-order valence-electron chi connectivity index (χ2n) is 3.95. The largest absolute Gasteiger partial charge is 0.494 e. The van der Waals surface area contributed by atoms with Gasteiger partial charge < -0.3 is 10.1 Å². The number of alkyl halides is 1. The molecule has 0 bridgehead atoms. The Bertz CT molecular complexity index is 517. The van der Waals surface area contributed by atoms with Gasteiger partial charge in [0.1, 0.15) is 5.75 Å². The van der Waals surface area contributed by atoms with E-state index < -0.39 is 0 Å². The third-order valence-electron chi connectivity index (χ3n) is 2.37. The molecule has 106 valence electrons. The average Bonchev–Trinajstić information content (AvgIpc) is 2.87. The standard InChI is InChI=1S/C13H14ClN3O2S/c14-6-1-7-19-11-4-2-10(3-5-11)8-15-17-13-16-12(18)9-20-13/h2-5,8H,1,6-7,9H2,(H,16,17,18). The fourth-order valence-corrected chi connectivity index (χ4v) is 2.16. The lowest BCUT2D eigenvalue weighted by Gasteiger charge is -2.04. The first-order valence-electron chi connectivity index (χ1n) is 6.10. The van der Waals surface area contributed by atoms with Crippen LogP contribution in [0.25, 0.3) is 0 Å². The quantitative estimate of drug-likeness (QED) is 0.379. The molecule has 1 saturated heterocycles. The topological polar surface area (TPSA) is 63.0 Å². The second kappa shape index (κ2) is 7.91. The van der Waals surface area contributed by atoms with E-state index >= 15 is 0 Å². The van der Waals surface area contributed by atoms with Crippen LogP contribution in [0.3, 0.4) is 0 Å². The van der Waals surface area contributed by atoms with Crippen molar-refractivity contribution >= 4 is 40.7 Å². The minimum atomic E-state index is -0.0394. The summed E-state index contributed by atoms with van der Waals surface area (Å²) in [7, 11) is 0. The molecule has 1 fully saturated rings. The van der Waals surface area contributed by atoms with Gasteiger partial charge in [0.15, 0.2) is 5.17 Å². The summed E-state index contributed by atoms with van der Waals surface area (Å²) in [6, 6.07) is 7.52. The van der Waals surface area contributed by atoms with Gasteiger partial charge in [0.25, 0.3) is 0 Å². The molecule has 20 heavy (non-hydrogen) atoms. The van der Waals surface area contributed by atoms with Crippen LogP contribution in [0.2, 0.25) is 0 Å². The number of nitrogens with one attached hydrogen (secondary N) is 1. The first-order valence-corrected chi connectivity index (χ1v) is 7.62. The molecule has 1 aliphatic rings. The van der Waals surface area contributed by atoms with Gasteiger partial charge in [0.2, 0.25) is 5.91 Å². The number of thioether (sulfide) groups is 1. The molecular weight excluding hydrogens is 298 g/mol. The van der Waals surface area contributed by atoms with E-state index in [1.54, 1.807) is 6.21 Å². The molecule has 1 amide bonds. The molecule has 1 heterocycles. The maximum absolute atomic E-state index is 10.9. The minimum Gasteiger partial charge on any atom is -0.494 e. The smallest absolute Gasteiger partial charge is 0.236 e. The summed E-state index contributed by atoms with van der Waals surface area (Å²) in [6.07, 6.45) is 2.45. The van der Waals surface area contributed by atoms with Gasteiger partial charge in [-0.1, -0.05) is 11.8 Å². The molecule has 0 aromatic heterocycles. The zero-order valence-corrected chi connectivity index (χ0v) is 12.3. The van der Waals surface area contributed by atoms with Crippen molar-refractivity contribution in [1.29, 1.82) is 0 Å². The van der Waals surface area contributed by atoms with Crippen LogP contribution in [-0.4, -0.2) is 35.5 Å². The predicted molar refractivity (Wildman–Crippen MR) is 82.9 cm³/mol. The molecule has 1 aromatic rings. The zero-order chi connectivity index (χ0) is 14.2. The van der Waals surface area contributed by atoms with Gasteiger partial charge in [-0.25, -0.2) is 0 Å². The Morgan fingerprint density at radius 3 is 2.85 bits per heavy atom. The van der Waals surface area contributed by atoms with Crippen LogP contribution in [0, 0.1) is 0 Å². The highest BCUT2D eigenvalue weighted by Crippen LogP contribution is 2.12. The van der Waals surface area contributed by atoms with E-state index in [1.165, 1.54) is 11.8 Å². The first kappa shape index (κ1) is 14.9. The Morgan fingerprint density at radius 2 is 2.20 bits per heavy atom. The van der Waals surface area contributed by atoms with E-state index in [0.29, 0.717) is 23.4 Å². The minimum absolute atomic E-state index is 0.0394. The van der Waals surface area contributed by atoms with E-state index in [9.17, 15) is 4.79 Å². The number of nitrogens with zero attached hydrogens (tertiary/aromatic N) is 2. The van der Waals surface area contributed by atoms with E-state index in [2.05, 4.69) is 15.5 Å². The number of carbonyl (C=O) groups excluding carboxylic acids is 1. The van der Waals surface area contributed by atoms with Gasteiger partial charge in [0, 0.05) is 5.88 Å². The lowest BCUT2D eigenvalue weighted by Crippen LogP contribution is -2.19. The number of ether oxygens (including phenoxy) is 1. The third kappa shape index (κ3) is 4.86. The van der Waals surface area contributed by atoms with Crippen molar-refractivity contribution in [1.82, 2.24) is 5.32 Å². The normalized spacial score (nSPS) is 16.9. The number of halogens is 1. The van der Waals surface area contributed by atoms with Crippen LogP contribution in [-0.2, 0) is 4.79 Å². The van der Waals surface area contributed by atoms with Crippen molar-refractivity contribution in [2.24, 2.45) is 10.2 Å². The first-order chi connectivity index (χ1) is 9.78. The fourth-order valence-electron chi connectivity index (χ4n) is 1.42. The molecule has 0 radical (unpaired) electrons. The molecule has 1 N–H and O–H groups in total. The molecule has 2 rings (SSSR count). The summed E-state index contributed by atoms with van der Waals surface area (Å²) in [5.41, 5.74) is 0.911. The summed E-state index contributed by atoms with van der Waals surface area (Å²) in [4.78, 5) is 10.9. The molecule has 0 aliphatic carbocycles. The molecule has 0 saturated carbocycles. The fraction of sp³-hybridized carbons (Fsp3) is 0.308. The number of hydrogen-bond donors (Lipinski definition) is 1. The summed E-state index contributed by atoms with van der Waals surface area (Å²) in [6.45, 7) is 0.613. The maximum Gasteiger partial charge on any atom is 0.236 e. The van der Waals surface area contributed by atoms with Crippen LogP contribution in [0.4, 0.5) is 0 Å². The van der Waals surface area contributed by atoms with Gasteiger partial charge >= 0.3 is 0 Å². The molecular formula is C13H14ClN3O2S. The van der Waals surface area contributed by atoms with Crippen LogP contribution >= 0.6 is 23.4 Å². The second-order valence-corrected chi connectivity index (χ2v) is 5.29. The highest BCUT2D eigenvalue weighted by atomic mass is 35.5. The summed E-state index contributed by atoms with van der Waals surface area (Å²) >= 11 is 6.92. The van der Waals surface area contributed by atoms with Gasteiger partial charge in [-0.15, -0.1) is 16.7 Å². The molecule has 1 aromatic carbocycles. The summed E-state index contributed by atoms with van der Waals surface area (Å²) in [5.74, 6) is 1.77. The van der Waals surface area contributed by atoms with Crippen molar-refractivity contribution in [3.05, 3.63) is 29.8 Å². The number of hydrogen-bond acceptors (Lipinski definition) is 5. The zero-order valence-electron chi connectivity index (χ0n) is 10.7. The lowest BCUT2D eigenvalue weighted by molar-refractivity contribution is -0.116. The van der Waals surface area contributed by atoms with E-state index in [-0.39, 0.29) is 5.91 Å². The molecule has 0 atom stereocenters. The highest BCUT2D eigenvalue weighted by Gasteiger charge is 2.15. The molecule has 0 unspecified atom stereocenters. The van der Waals surface area contributed by atoms with E-state index in [1.807, 2.05) is 24.3 Å². The van der Waals surface area contributed by atoms with Crippen LogP contribution in [0.15, 0.2) is 34.5 Å². The SMILES string of the molecule is O=C1CSC(=NN=Cc2ccc(OCCCCl)cc2)N1. The van der Waals surface area contributed by atoms with E-state index in [4.69, 9.17) is 16.3 Å². The Kier molecular flexibility index (Phi) is 5.88. The number of rotatable bonds is 6. The lowest BCUT2D eigenvalue weighted by atomic mass is 10.2. The van der Waals surface area contributed by atoms with Gasteiger partial charge in [-0.05, 0) is 36.2 Å². The maximum atomic E-state index is 10.9. The number of benzene rings is 1. The predicted octanol–water partition coefficient (Wildman–Crippen LogP) is 2.25. The third-order valence-corrected chi connectivity index (χ3v) is 3.50.